The van der Waals surface area contributed by atoms with Gasteiger partial charge in [-0.2, -0.15) is 0 Å². The maximum Gasteiger partial charge on any atom is 0.263 e. The third-order valence-electron chi connectivity index (χ3n) is 3.54. The van der Waals surface area contributed by atoms with Crippen LogP contribution in [0.5, 0.6) is 0 Å². The number of anilines is 2. The van der Waals surface area contributed by atoms with Crippen molar-refractivity contribution in [1.82, 2.24) is 4.98 Å². The third kappa shape index (κ3) is 3.75. The number of fused-ring (bicyclic) bond motifs is 1. The Kier molecular flexibility index (Phi) is 5.04. The molecule has 0 aliphatic heterocycles. The first-order chi connectivity index (χ1) is 12.3. The van der Waals surface area contributed by atoms with Gasteiger partial charge in [0.2, 0.25) is 5.91 Å². The molecule has 3 aromatic rings. The van der Waals surface area contributed by atoms with Gasteiger partial charge in [0.15, 0.2) is 5.82 Å². The van der Waals surface area contributed by atoms with Crippen molar-refractivity contribution in [3.63, 3.8) is 0 Å². The molecule has 134 valence electrons. The van der Waals surface area contributed by atoms with Gasteiger partial charge in [-0.15, -0.1) is 0 Å². The van der Waals surface area contributed by atoms with Crippen LogP contribution in [0.15, 0.2) is 53.6 Å². The molecular weight excluding hydrogens is 397 g/mol. The van der Waals surface area contributed by atoms with Gasteiger partial charge in [-0.3, -0.25) is 9.52 Å². The van der Waals surface area contributed by atoms with E-state index in [4.69, 9.17) is 23.2 Å². The fourth-order valence-corrected chi connectivity index (χ4v) is 3.89. The number of hydrogen-bond acceptors (Lipinski definition) is 4. The predicted molar refractivity (Wildman–Crippen MR) is 103 cm³/mol. The molecule has 6 nitrogen and oxygen atoms in total. The molecule has 1 aromatic heterocycles. The Balaban J connectivity index is 2.03. The number of amides is 1. The van der Waals surface area contributed by atoms with Crippen molar-refractivity contribution in [3.05, 3.63) is 58.7 Å². The number of aromatic nitrogens is 1. The van der Waals surface area contributed by atoms with Gasteiger partial charge in [0, 0.05) is 33.9 Å². The van der Waals surface area contributed by atoms with Gasteiger partial charge in [-0.1, -0.05) is 29.3 Å². The maximum atomic E-state index is 12.7. The van der Waals surface area contributed by atoms with Crippen LogP contribution in [0, 0.1) is 0 Å². The average molecular weight is 410 g/mol. The van der Waals surface area contributed by atoms with Crippen molar-refractivity contribution < 1.29 is 13.2 Å². The summed E-state index contributed by atoms with van der Waals surface area (Å²) in [7, 11) is -3.96. The van der Waals surface area contributed by atoms with Crippen LogP contribution < -0.4 is 10.0 Å². The molecule has 0 saturated carbocycles. The fourth-order valence-electron chi connectivity index (χ4n) is 2.39. The van der Waals surface area contributed by atoms with Crippen LogP contribution in [0.3, 0.4) is 0 Å². The first kappa shape index (κ1) is 18.4. The molecular formula is C17H13Cl2N3O3S. The number of hydrogen-bond donors (Lipinski definition) is 2. The van der Waals surface area contributed by atoms with E-state index < -0.39 is 10.0 Å². The molecule has 0 fully saturated rings. The molecule has 0 aliphatic rings. The van der Waals surface area contributed by atoms with Crippen LogP contribution in [0.2, 0.25) is 10.0 Å². The number of benzene rings is 2. The van der Waals surface area contributed by atoms with E-state index in [-0.39, 0.29) is 22.3 Å². The van der Waals surface area contributed by atoms with Crippen LogP contribution in [-0.2, 0) is 14.8 Å². The van der Waals surface area contributed by atoms with Crippen molar-refractivity contribution in [2.75, 3.05) is 10.0 Å². The molecule has 0 bridgehead atoms. The van der Waals surface area contributed by atoms with E-state index in [0.29, 0.717) is 20.8 Å². The SMILES string of the molecule is CC(=O)Nc1cccnc1NS(=O)(=O)c1ccc2c(Cl)ccc(Cl)c2c1. The quantitative estimate of drug-likeness (QED) is 0.671. The minimum Gasteiger partial charge on any atom is -0.323 e. The van der Waals surface area contributed by atoms with Crippen molar-refractivity contribution in [2.45, 2.75) is 11.8 Å². The van der Waals surface area contributed by atoms with Crippen LogP contribution in [0.25, 0.3) is 10.8 Å². The Morgan fingerprint density at radius 1 is 1.04 bits per heavy atom. The Bertz CT molecular complexity index is 1120. The second-order valence-electron chi connectivity index (χ2n) is 5.42. The third-order valence-corrected chi connectivity index (χ3v) is 5.54. The summed E-state index contributed by atoms with van der Waals surface area (Å²) in [5.41, 5.74) is 0.255. The molecule has 3 rings (SSSR count). The smallest absolute Gasteiger partial charge is 0.263 e. The molecule has 0 saturated heterocycles. The lowest BCUT2D eigenvalue weighted by Crippen LogP contribution is -2.16. The van der Waals surface area contributed by atoms with E-state index in [1.165, 1.54) is 25.3 Å². The lowest BCUT2D eigenvalue weighted by Gasteiger charge is -2.12. The van der Waals surface area contributed by atoms with Gasteiger partial charge < -0.3 is 5.32 Å². The molecule has 0 aliphatic carbocycles. The predicted octanol–water partition coefficient (Wildman–Crippen LogP) is 4.30. The fraction of sp³-hybridized carbons (Fsp3) is 0.0588. The van der Waals surface area contributed by atoms with Crippen LogP contribution in [0.4, 0.5) is 11.5 Å². The lowest BCUT2D eigenvalue weighted by molar-refractivity contribution is -0.114. The Hall–Kier alpha value is -2.35. The first-order valence-corrected chi connectivity index (χ1v) is 9.65. The maximum absolute atomic E-state index is 12.7. The van der Waals surface area contributed by atoms with Crippen LogP contribution >= 0.6 is 23.2 Å². The molecule has 1 amide bonds. The van der Waals surface area contributed by atoms with E-state index in [2.05, 4.69) is 15.0 Å². The number of carbonyl (C=O) groups excluding carboxylic acids is 1. The summed E-state index contributed by atoms with van der Waals surface area (Å²) in [5.74, 6) is -0.328. The highest BCUT2D eigenvalue weighted by atomic mass is 35.5. The molecule has 0 spiro atoms. The monoisotopic (exact) mass is 409 g/mol. The van der Waals surface area contributed by atoms with E-state index in [0.717, 1.165) is 0 Å². The summed E-state index contributed by atoms with van der Waals surface area (Å²) in [6.45, 7) is 1.32. The van der Waals surface area contributed by atoms with Crippen LogP contribution in [0.1, 0.15) is 6.92 Å². The highest BCUT2D eigenvalue weighted by Crippen LogP contribution is 2.32. The molecule has 0 atom stereocenters. The molecule has 1 heterocycles. The zero-order valence-electron chi connectivity index (χ0n) is 13.5. The molecule has 9 heteroatoms. The topological polar surface area (TPSA) is 88.2 Å². The largest absolute Gasteiger partial charge is 0.323 e. The second-order valence-corrected chi connectivity index (χ2v) is 7.92. The average Bonchev–Trinajstić information content (AvgIpc) is 2.59. The van der Waals surface area contributed by atoms with Crippen molar-refractivity contribution in [2.24, 2.45) is 0 Å². The van der Waals surface area contributed by atoms with Crippen LogP contribution in [-0.4, -0.2) is 19.3 Å². The van der Waals surface area contributed by atoms with Gasteiger partial charge >= 0.3 is 0 Å². The zero-order valence-corrected chi connectivity index (χ0v) is 15.8. The number of pyridine rings is 1. The number of rotatable bonds is 4. The number of nitrogens with one attached hydrogen (secondary N) is 2. The summed E-state index contributed by atoms with van der Waals surface area (Å²) in [6.07, 6.45) is 1.42. The summed E-state index contributed by atoms with van der Waals surface area (Å²) < 4.78 is 27.9. The minimum atomic E-state index is -3.96. The summed E-state index contributed by atoms with van der Waals surface area (Å²) >= 11 is 12.3. The number of nitrogens with zero attached hydrogens (tertiary/aromatic N) is 1. The van der Waals surface area contributed by atoms with Gasteiger partial charge in [0.05, 0.1) is 10.6 Å². The van der Waals surface area contributed by atoms with E-state index in [9.17, 15) is 13.2 Å². The van der Waals surface area contributed by atoms with E-state index in [1.807, 2.05) is 0 Å². The summed E-state index contributed by atoms with van der Waals surface area (Å²) in [6, 6.07) is 10.8. The molecule has 0 unspecified atom stereocenters. The van der Waals surface area contributed by atoms with Gasteiger partial charge in [-0.25, -0.2) is 13.4 Å². The minimum absolute atomic E-state index is 0.00593. The lowest BCUT2D eigenvalue weighted by atomic mass is 10.1. The number of halogens is 2. The number of sulfonamides is 1. The van der Waals surface area contributed by atoms with Gasteiger partial charge in [0.25, 0.3) is 10.0 Å². The standard InChI is InChI=1S/C17H13Cl2N3O3S/c1-10(23)21-16-3-2-8-20-17(16)22-26(24,25)11-4-5-12-13(9-11)15(19)7-6-14(12)18/h2-9H,1H3,(H,20,22)(H,21,23). The first-order valence-electron chi connectivity index (χ1n) is 7.41. The Morgan fingerprint density at radius 2 is 1.73 bits per heavy atom. The van der Waals surface area contributed by atoms with Crippen molar-refractivity contribution in [3.8, 4) is 0 Å². The summed E-state index contributed by atoms with van der Waals surface area (Å²) in [4.78, 5) is 15.3. The second kappa shape index (κ2) is 7.11. The normalized spacial score (nSPS) is 11.3. The van der Waals surface area contributed by atoms with E-state index in [1.54, 1.807) is 30.3 Å². The van der Waals surface area contributed by atoms with Gasteiger partial charge in [0.1, 0.15) is 0 Å². The zero-order chi connectivity index (χ0) is 18.9. The highest BCUT2D eigenvalue weighted by molar-refractivity contribution is 7.92. The number of carbonyl (C=O) groups is 1. The molecule has 2 aromatic carbocycles. The molecule has 0 radical (unpaired) electrons. The molecule has 2 N–H and O–H groups in total. The van der Waals surface area contributed by atoms with Crippen molar-refractivity contribution >= 4 is 61.4 Å². The highest BCUT2D eigenvalue weighted by Gasteiger charge is 2.18. The Labute approximate surface area is 160 Å². The van der Waals surface area contributed by atoms with Crippen molar-refractivity contribution in [1.29, 1.82) is 0 Å². The van der Waals surface area contributed by atoms with Gasteiger partial charge in [-0.05, 0) is 36.4 Å². The van der Waals surface area contributed by atoms with E-state index >= 15 is 0 Å². The summed E-state index contributed by atoms with van der Waals surface area (Å²) in [5, 5.41) is 4.55. The Morgan fingerprint density at radius 3 is 2.42 bits per heavy atom. The molecule has 26 heavy (non-hydrogen) atoms.